The number of methoxy groups -OCH3 is 1. The number of nitrogens with one attached hydrogen (secondary N) is 1. The van der Waals surface area contributed by atoms with Gasteiger partial charge in [0.25, 0.3) is 5.91 Å². The van der Waals surface area contributed by atoms with Crippen molar-refractivity contribution in [1.82, 2.24) is 14.8 Å². The van der Waals surface area contributed by atoms with E-state index in [-0.39, 0.29) is 29.3 Å². The van der Waals surface area contributed by atoms with Gasteiger partial charge < -0.3 is 30.3 Å². The lowest BCUT2D eigenvalue weighted by atomic mass is 9.93. The molecule has 2 aliphatic rings. The third kappa shape index (κ3) is 9.81. The minimum atomic E-state index is -4.67. The third-order valence-corrected chi connectivity index (χ3v) is 8.03. The van der Waals surface area contributed by atoms with Crippen LogP contribution in [0.25, 0.3) is 0 Å². The van der Waals surface area contributed by atoms with E-state index in [1.807, 2.05) is 25.7 Å². The highest BCUT2D eigenvalue weighted by Gasteiger charge is 2.33. The van der Waals surface area contributed by atoms with Crippen LogP contribution < -0.4 is 15.8 Å². The lowest BCUT2D eigenvalue weighted by molar-refractivity contribution is -0.141. The van der Waals surface area contributed by atoms with Crippen LogP contribution in [0, 0.1) is 5.92 Å². The number of aliphatic imine (C=N–C) groups is 1. The van der Waals surface area contributed by atoms with Crippen molar-refractivity contribution in [3.8, 4) is 5.75 Å². The number of benzene rings is 1. The zero-order chi connectivity index (χ0) is 32.8. The molecule has 246 valence electrons. The Hall–Kier alpha value is -3.87. The van der Waals surface area contributed by atoms with Gasteiger partial charge in [-0.15, -0.1) is 0 Å². The molecule has 0 radical (unpaired) electrons. The Bertz CT molecular complexity index is 1360. The van der Waals surface area contributed by atoms with Gasteiger partial charge in [-0.05, 0) is 83.5 Å². The fourth-order valence-electron chi connectivity index (χ4n) is 5.47. The van der Waals surface area contributed by atoms with Crippen LogP contribution in [-0.2, 0) is 10.9 Å². The molecule has 10 nitrogen and oxygen atoms in total. The molecule has 2 fully saturated rings. The van der Waals surface area contributed by atoms with E-state index in [9.17, 15) is 22.8 Å². The number of nitrogens with two attached hydrogens (primary N) is 1. The number of alkyl halides is 3. The van der Waals surface area contributed by atoms with Crippen molar-refractivity contribution in [1.29, 1.82) is 0 Å². The summed E-state index contributed by atoms with van der Waals surface area (Å²) in [6.07, 6.45) is 1.65. The molecule has 1 aromatic heterocycles. The first-order chi connectivity index (χ1) is 21.2. The molecule has 1 aromatic carbocycles. The standard InChI is InChI=1S/C32H43F3N6O4/c1-31(2,3)45-30(43)41-16-9-21(10-17-41)8-13-40-14-11-23(12-15-40)37-20-22-18-26(27(44-4)19-24(22)36)39-29(42)25-6-5-7-28(38-25)32(33,34)35/h5-7,18-21,23H,8-17,36H2,1-4H3,(H,39,42). The van der Waals surface area contributed by atoms with Crippen LogP contribution >= 0.6 is 0 Å². The van der Waals surface area contributed by atoms with Gasteiger partial charge in [0.05, 0.1) is 18.8 Å². The van der Waals surface area contributed by atoms with Gasteiger partial charge in [-0.3, -0.25) is 9.79 Å². The van der Waals surface area contributed by atoms with Crippen molar-refractivity contribution in [2.45, 2.75) is 70.7 Å². The number of aromatic nitrogens is 1. The number of carbonyl (C=O) groups excluding carboxylic acids is 2. The average Bonchev–Trinajstić information content (AvgIpc) is 2.99. The maximum absolute atomic E-state index is 13.1. The Morgan fingerprint density at radius 2 is 1.78 bits per heavy atom. The number of ether oxygens (including phenoxy) is 2. The quantitative estimate of drug-likeness (QED) is 0.276. The van der Waals surface area contributed by atoms with Crippen molar-refractivity contribution < 1.29 is 32.2 Å². The normalized spacial score (nSPS) is 17.4. The second-order valence-corrected chi connectivity index (χ2v) is 12.6. The van der Waals surface area contributed by atoms with Gasteiger partial charge in [-0.1, -0.05) is 6.07 Å². The third-order valence-electron chi connectivity index (χ3n) is 8.03. The van der Waals surface area contributed by atoms with Gasteiger partial charge in [0.15, 0.2) is 0 Å². The summed E-state index contributed by atoms with van der Waals surface area (Å²) < 4.78 is 50.0. The highest BCUT2D eigenvalue weighted by molar-refractivity contribution is 6.04. The summed E-state index contributed by atoms with van der Waals surface area (Å²) in [5.74, 6) is 0.0401. The molecule has 13 heteroatoms. The van der Waals surface area contributed by atoms with Crippen LogP contribution in [0.4, 0.5) is 29.3 Å². The van der Waals surface area contributed by atoms with Crippen molar-refractivity contribution in [2.75, 3.05) is 50.9 Å². The fraction of sp³-hybridized carbons (Fsp3) is 0.562. The Balaban J connectivity index is 1.27. The summed E-state index contributed by atoms with van der Waals surface area (Å²) >= 11 is 0. The monoisotopic (exact) mass is 632 g/mol. The number of nitrogen functional groups attached to an aromatic ring is 1. The van der Waals surface area contributed by atoms with Gasteiger partial charge in [0, 0.05) is 49.7 Å². The Morgan fingerprint density at radius 1 is 1.09 bits per heavy atom. The van der Waals surface area contributed by atoms with Gasteiger partial charge in [-0.25, -0.2) is 9.78 Å². The first-order valence-corrected chi connectivity index (χ1v) is 15.3. The first kappa shape index (κ1) is 34.0. The van der Waals surface area contributed by atoms with Gasteiger partial charge in [0.1, 0.15) is 22.7 Å². The molecule has 3 N–H and O–H groups in total. The Labute approximate surface area is 262 Å². The van der Waals surface area contributed by atoms with Crippen LogP contribution in [0.3, 0.4) is 0 Å². The van der Waals surface area contributed by atoms with Crippen molar-refractivity contribution in [3.05, 3.63) is 47.3 Å². The van der Waals surface area contributed by atoms with Crippen LogP contribution in [0.5, 0.6) is 5.75 Å². The number of halogens is 3. The number of pyridine rings is 1. The molecule has 45 heavy (non-hydrogen) atoms. The molecule has 2 aromatic rings. The molecule has 0 bridgehead atoms. The largest absolute Gasteiger partial charge is 0.494 e. The van der Waals surface area contributed by atoms with E-state index in [1.54, 1.807) is 12.3 Å². The molecule has 2 aliphatic heterocycles. The summed E-state index contributed by atoms with van der Waals surface area (Å²) in [5.41, 5.74) is 5.39. The van der Waals surface area contributed by atoms with Crippen LogP contribution in [0.15, 0.2) is 35.3 Å². The zero-order valence-electron chi connectivity index (χ0n) is 26.3. The van der Waals surface area contributed by atoms with Crippen LogP contribution in [0.1, 0.15) is 74.6 Å². The number of hydrogen-bond acceptors (Lipinski definition) is 8. The van der Waals surface area contributed by atoms with Crippen LogP contribution in [0.2, 0.25) is 0 Å². The number of likely N-dealkylation sites (tertiary alicyclic amines) is 2. The number of carbonyl (C=O) groups is 2. The highest BCUT2D eigenvalue weighted by Crippen LogP contribution is 2.31. The predicted octanol–water partition coefficient (Wildman–Crippen LogP) is 5.86. The number of hydrogen-bond donors (Lipinski definition) is 2. The zero-order valence-corrected chi connectivity index (χ0v) is 26.3. The van der Waals surface area contributed by atoms with Gasteiger partial charge >= 0.3 is 12.3 Å². The molecular weight excluding hydrogens is 589 g/mol. The minimum Gasteiger partial charge on any atom is -0.494 e. The molecule has 0 aliphatic carbocycles. The van der Waals surface area contributed by atoms with E-state index in [1.165, 1.54) is 19.2 Å². The van der Waals surface area contributed by atoms with Crippen molar-refractivity contribution in [2.24, 2.45) is 10.9 Å². The molecule has 0 unspecified atom stereocenters. The van der Waals surface area contributed by atoms with E-state index < -0.39 is 23.4 Å². The van der Waals surface area contributed by atoms with Crippen molar-refractivity contribution in [3.63, 3.8) is 0 Å². The molecule has 0 atom stereocenters. The van der Waals surface area contributed by atoms with E-state index in [4.69, 9.17) is 20.2 Å². The molecule has 0 spiro atoms. The SMILES string of the molecule is COc1cc(N)c(C=NC2CCN(CCC3CCN(C(=O)OC(C)(C)C)CC3)CC2)cc1NC(=O)c1cccc(C(F)(F)F)n1. The number of anilines is 2. The number of rotatable bonds is 8. The first-order valence-electron chi connectivity index (χ1n) is 15.3. The van der Waals surface area contributed by atoms with E-state index >= 15 is 0 Å². The Kier molecular flexibility index (Phi) is 10.9. The summed E-state index contributed by atoms with van der Waals surface area (Å²) in [6, 6.07) is 6.39. The number of amides is 2. The van der Waals surface area contributed by atoms with Gasteiger partial charge in [-0.2, -0.15) is 13.2 Å². The van der Waals surface area contributed by atoms with Crippen molar-refractivity contribution >= 4 is 29.6 Å². The topological polar surface area (TPSA) is 122 Å². The second-order valence-electron chi connectivity index (χ2n) is 12.6. The summed E-state index contributed by atoms with van der Waals surface area (Å²) in [4.78, 5) is 37.5. The average molecular weight is 633 g/mol. The van der Waals surface area contributed by atoms with E-state index in [0.29, 0.717) is 17.2 Å². The predicted molar refractivity (Wildman–Crippen MR) is 167 cm³/mol. The number of nitrogens with zero attached hydrogens (tertiary/aromatic N) is 4. The maximum Gasteiger partial charge on any atom is 0.433 e. The molecule has 0 saturated carbocycles. The smallest absolute Gasteiger partial charge is 0.433 e. The number of piperidine rings is 2. The second kappa shape index (κ2) is 14.5. The molecule has 3 heterocycles. The summed E-state index contributed by atoms with van der Waals surface area (Å²) in [6.45, 7) is 10.00. The Morgan fingerprint density at radius 3 is 2.40 bits per heavy atom. The lowest BCUT2D eigenvalue weighted by Crippen LogP contribution is -2.42. The van der Waals surface area contributed by atoms with Gasteiger partial charge in [0.2, 0.25) is 0 Å². The lowest BCUT2D eigenvalue weighted by Gasteiger charge is -2.35. The summed E-state index contributed by atoms with van der Waals surface area (Å²) in [7, 11) is 1.40. The van der Waals surface area contributed by atoms with E-state index in [2.05, 4.69) is 15.2 Å². The highest BCUT2D eigenvalue weighted by atomic mass is 19.4. The summed E-state index contributed by atoms with van der Waals surface area (Å²) in [5, 5.41) is 2.58. The van der Waals surface area contributed by atoms with Crippen LogP contribution in [-0.4, -0.2) is 84.5 Å². The fourth-order valence-corrected chi connectivity index (χ4v) is 5.47. The minimum absolute atomic E-state index is 0.118. The molecule has 2 saturated heterocycles. The van der Waals surface area contributed by atoms with E-state index in [0.717, 1.165) is 77.0 Å². The maximum atomic E-state index is 13.1. The molecule has 4 rings (SSSR count). The molecular formula is C32H43F3N6O4. The molecule has 2 amide bonds.